The molecule has 1 aliphatic carbocycles. The van der Waals surface area contributed by atoms with Crippen molar-refractivity contribution in [2.75, 3.05) is 31.1 Å². The lowest BCUT2D eigenvalue weighted by Gasteiger charge is -2.44. The highest BCUT2D eigenvalue weighted by Gasteiger charge is 2.58. The lowest BCUT2D eigenvalue weighted by atomic mass is 9.82. The molecule has 1 saturated heterocycles. The number of fused-ring (bicyclic) bond motifs is 1. The topological polar surface area (TPSA) is 40.6 Å². The Morgan fingerprint density at radius 3 is 1.77 bits per heavy atom. The second-order valence-electron chi connectivity index (χ2n) is 7.73. The minimum Gasteiger partial charge on any atom is -0.369 e. The Kier molecular flexibility index (Phi) is 4.69. The SMILES string of the molecule is O=C1c2ccccc2C(=O)C1(c1ccccc1)N1CCN(c2ccc(Cl)cc2)CC1. The molecule has 5 heteroatoms. The molecule has 0 spiro atoms. The van der Waals surface area contributed by atoms with E-state index in [-0.39, 0.29) is 11.6 Å². The van der Waals surface area contributed by atoms with E-state index in [1.54, 1.807) is 12.1 Å². The van der Waals surface area contributed by atoms with E-state index in [9.17, 15) is 9.59 Å². The smallest absolute Gasteiger partial charge is 0.196 e. The molecular formula is C25H21ClN2O2. The highest BCUT2D eigenvalue weighted by atomic mass is 35.5. The van der Waals surface area contributed by atoms with Crippen LogP contribution in [-0.4, -0.2) is 42.6 Å². The number of hydrogen-bond donors (Lipinski definition) is 0. The Morgan fingerprint density at radius 1 is 0.667 bits per heavy atom. The van der Waals surface area contributed by atoms with E-state index < -0.39 is 5.54 Å². The number of hydrogen-bond acceptors (Lipinski definition) is 4. The number of piperazine rings is 1. The molecule has 2 aliphatic rings. The molecule has 0 N–H and O–H groups in total. The number of rotatable bonds is 3. The van der Waals surface area contributed by atoms with Crippen LogP contribution in [0.2, 0.25) is 5.02 Å². The second kappa shape index (κ2) is 7.38. The number of carbonyl (C=O) groups excluding carboxylic acids is 2. The van der Waals surface area contributed by atoms with Crippen molar-refractivity contribution in [1.82, 2.24) is 4.90 Å². The van der Waals surface area contributed by atoms with Gasteiger partial charge >= 0.3 is 0 Å². The summed E-state index contributed by atoms with van der Waals surface area (Å²) in [6.45, 7) is 2.69. The molecule has 1 aliphatic heterocycles. The zero-order valence-electron chi connectivity index (χ0n) is 16.4. The summed E-state index contributed by atoms with van der Waals surface area (Å²) in [5.41, 5.74) is 1.60. The van der Waals surface area contributed by atoms with Gasteiger partial charge in [0.25, 0.3) is 0 Å². The number of anilines is 1. The Morgan fingerprint density at radius 2 is 1.20 bits per heavy atom. The van der Waals surface area contributed by atoms with Crippen molar-refractivity contribution in [2.24, 2.45) is 0 Å². The van der Waals surface area contributed by atoms with Gasteiger partial charge in [-0.25, -0.2) is 0 Å². The third-order valence-corrected chi connectivity index (χ3v) is 6.46. The van der Waals surface area contributed by atoms with Crippen molar-refractivity contribution < 1.29 is 9.59 Å². The molecule has 30 heavy (non-hydrogen) atoms. The molecule has 1 heterocycles. The van der Waals surface area contributed by atoms with E-state index in [1.807, 2.05) is 66.7 Å². The standard InChI is InChI=1S/C25H21ClN2O2/c26-19-10-12-20(13-11-19)27-14-16-28(17-15-27)25(18-6-2-1-3-7-18)23(29)21-8-4-5-9-22(21)24(25)30/h1-13H,14-17H2. The second-order valence-corrected chi connectivity index (χ2v) is 8.17. The van der Waals surface area contributed by atoms with Crippen molar-refractivity contribution in [1.29, 1.82) is 0 Å². The van der Waals surface area contributed by atoms with E-state index >= 15 is 0 Å². The molecule has 150 valence electrons. The van der Waals surface area contributed by atoms with Crippen molar-refractivity contribution in [3.63, 3.8) is 0 Å². The van der Waals surface area contributed by atoms with Gasteiger partial charge in [-0.1, -0.05) is 66.2 Å². The number of benzene rings is 3. The Labute approximate surface area is 180 Å². The first-order chi connectivity index (χ1) is 14.6. The van der Waals surface area contributed by atoms with Crippen LogP contribution in [0, 0.1) is 0 Å². The maximum Gasteiger partial charge on any atom is 0.196 e. The molecule has 0 saturated carbocycles. The van der Waals surface area contributed by atoms with E-state index in [2.05, 4.69) is 9.80 Å². The molecular weight excluding hydrogens is 396 g/mol. The maximum atomic E-state index is 13.7. The van der Waals surface area contributed by atoms with Gasteiger partial charge in [-0.15, -0.1) is 0 Å². The fourth-order valence-corrected chi connectivity index (χ4v) is 4.86. The van der Waals surface area contributed by atoms with E-state index in [4.69, 9.17) is 11.6 Å². The third-order valence-electron chi connectivity index (χ3n) is 6.21. The summed E-state index contributed by atoms with van der Waals surface area (Å²) in [7, 11) is 0. The number of nitrogens with zero attached hydrogens (tertiary/aromatic N) is 2. The van der Waals surface area contributed by atoms with E-state index in [0.29, 0.717) is 29.2 Å². The van der Waals surface area contributed by atoms with Crippen LogP contribution in [-0.2, 0) is 5.54 Å². The summed E-state index contributed by atoms with van der Waals surface area (Å²) in [6, 6.07) is 24.5. The molecule has 0 radical (unpaired) electrons. The molecule has 0 aromatic heterocycles. The summed E-state index contributed by atoms with van der Waals surface area (Å²) in [4.78, 5) is 31.8. The first kappa shape index (κ1) is 19.0. The van der Waals surface area contributed by atoms with Crippen LogP contribution < -0.4 is 4.90 Å². The summed E-state index contributed by atoms with van der Waals surface area (Å²) in [6.07, 6.45) is 0. The van der Waals surface area contributed by atoms with E-state index in [1.165, 1.54) is 0 Å². The third kappa shape index (κ3) is 2.79. The van der Waals surface area contributed by atoms with Crippen LogP contribution in [0.3, 0.4) is 0 Å². The van der Waals surface area contributed by atoms with Crippen LogP contribution in [0.1, 0.15) is 26.3 Å². The first-order valence-corrected chi connectivity index (χ1v) is 10.5. The lowest BCUT2D eigenvalue weighted by Crippen LogP contribution is -2.60. The van der Waals surface area contributed by atoms with Crippen LogP contribution in [0.4, 0.5) is 5.69 Å². The molecule has 3 aromatic rings. The fourth-order valence-electron chi connectivity index (χ4n) is 4.74. The average Bonchev–Trinajstić information content (AvgIpc) is 3.03. The molecule has 0 atom stereocenters. The Balaban J connectivity index is 1.52. The number of Topliss-reactive ketones (excluding diaryl/α,β-unsaturated/α-hetero) is 2. The predicted octanol–water partition coefficient (Wildman–Crippen LogP) is 4.44. The normalized spacial score (nSPS) is 18.5. The fraction of sp³-hybridized carbons (Fsp3) is 0.200. The van der Waals surface area contributed by atoms with Gasteiger partial charge in [0.2, 0.25) is 0 Å². The quantitative estimate of drug-likeness (QED) is 0.592. The number of ketones is 2. The zero-order valence-corrected chi connectivity index (χ0v) is 17.2. The van der Waals surface area contributed by atoms with Crippen LogP contribution in [0.25, 0.3) is 0 Å². The van der Waals surface area contributed by atoms with Gasteiger partial charge in [0, 0.05) is 48.0 Å². The highest BCUT2D eigenvalue weighted by molar-refractivity contribution is 6.33. The summed E-state index contributed by atoms with van der Waals surface area (Å²) < 4.78 is 0. The summed E-state index contributed by atoms with van der Waals surface area (Å²) in [5, 5.41) is 0.709. The molecule has 0 unspecified atom stereocenters. The lowest BCUT2D eigenvalue weighted by molar-refractivity contribution is 0.0461. The molecule has 0 bridgehead atoms. The van der Waals surface area contributed by atoms with Crippen molar-refractivity contribution in [2.45, 2.75) is 5.54 Å². The van der Waals surface area contributed by atoms with Gasteiger partial charge < -0.3 is 4.90 Å². The zero-order chi connectivity index (χ0) is 20.7. The first-order valence-electron chi connectivity index (χ1n) is 10.1. The van der Waals surface area contributed by atoms with Crippen LogP contribution in [0.5, 0.6) is 0 Å². The van der Waals surface area contributed by atoms with E-state index in [0.717, 1.165) is 24.3 Å². The minimum absolute atomic E-state index is 0.116. The molecule has 3 aromatic carbocycles. The summed E-state index contributed by atoms with van der Waals surface area (Å²) in [5.74, 6) is -0.233. The molecule has 0 amide bonds. The van der Waals surface area contributed by atoms with Gasteiger partial charge in [0.15, 0.2) is 17.1 Å². The predicted molar refractivity (Wildman–Crippen MR) is 118 cm³/mol. The van der Waals surface area contributed by atoms with Gasteiger partial charge in [-0.3, -0.25) is 14.5 Å². The molecule has 1 fully saturated rings. The van der Waals surface area contributed by atoms with Crippen molar-refractivity contribution in [3.8, 4) is 0 Å². The van der Waals surface area contributed by atoms with Crippen molar-refractivity contribution >= 4 is 28.9 Å². The Hall–Kier alpha value is -2.95. The van der Waals surface area contributed by atoms with Crippen molar-refractivity contribution in [3.05, 3.63) is 101 Å². The largest absolute Gasteiger partial charge is 0.369 e. The van der Waals surface area contributed by atoms with Gasteiger partial charge in [-0.2, -0.15) is 0 Å². The highest BCUT2D eigenvalue weighted by Crippen LogP contribution is 2.43. The Bertz CT molecular complexity index is 1070. The molecule has 4 nitrogen and oxygen atoms in total. The summed E-state index contributed by atoms with van der Waals surface area (Å²) >= 11 is 6.02. The van der Waals surface area contributed by atoms with Crippen LogP contribution in [0.15, 0.2) is 78.9 Å². The van der Waals surface area contributed by atoms with Gasteiger partial charge in [-0.05, 0) is 29.8 Å². The van der Waals surface area contributed by atoms with Gasteiger partial charge in [0.05, 0.1) is 0 Å². The monoisotopic (exact) mass is 416 g/mol. The average molecular weight is 417 g/mol. The maximum absolute atomic E-state index is 13.7. The number of carbonyl (C=O) groups is 2. The number of halogens is 1. The van der Waals surface area contributed by atoms with Gasteiger partial charge in [0.1, 0.15) is 0 Å². The minimum atomic E-state index is -1.28. The molecule has 5 rings (SSSR count). The van der Waals surface area contributed by atoms with Crippen LogP contribution >= 0.6 is 11.6 Å².